The Labute approximate surface area is 123 Å². The van der Waals surface area contributed by atoms with Gasteiger partial charge in [-0.1, -0.05) is 6.42 Å². The van der Waals surface area contributed by atoms with Crippen molar-refractivity contribution in [2.24, 2.45) is 11.7 Å². The second-order valence-corrected chi connectivity index (χ2v) is 6.89. The highest BCUT2D eigenvalue weighted by Crippen LogP contribution is 2.27. The topological polar surface area (TPSA) is 58.4 Å². The van der Waals surface area contributed by atoms with E-state index in [1.165, 1.54) is 32.1 Å². The number of hydrogen-bond donors (Lipinski definition) is 2. The molecule has 1 aliphatic heterocycles. The molecule has 0 aromatic rings. The van der Waals surface area contributed by atoms with Crippen LogP contribution in [-0.2, 0) is 4.79 Å². The molecule has 0 aromatic carbocycles. The molecule has 116 valence electrons. The van der Waals surface area contributed by atoms with E-state index in [0.717, 1.165) is 19.3 Å². The summed E-state index contributed by atoms with van der Waals surface area (Å²) in [5, 5.41) is 2.17. The monoisotopic (exact) mass is 281 g/mol. The summed E-state index contributed by atoms with van der Waals surface area (Å²) in [6.45, 7) is 4.41. The first kappa shape index (κ1) is 15.8. The van der Waals surface area contributed by atoms with E-state index in [1.54, 1.807) is 0 Å². The van der Waals surface area contributed by atoms with E-state index in [1.807, 2.05) is 0 Å². The maximum atomic E-state index is 12.1. The van der Waals surface area contributed by atoms with E-state index in [-0.39, 0.29) is 5.91 Å². The zero-order valence-corrected chi connectivity index (χ0v) is 13.1. The number of carbonyl (C=O) groups excluding carboxylic acids is 1. The molecule has 1 heterocycles. The zero-order chi connectivity index (χ0) is 14.5. The van der Waals surface area contributed by atoms with Gasteiger partial charge in [0.15, 0.2) is 0 Å². The van der Waals surface area contributed by atoms with E-state index in [0.29, 0.717) is 30.5 Å². The standard InChI is InChI=1S/C16H31N3O/c1-12-4-3-5-13(2)19(12)18-16(20)11-8-14-6-9-15(17)10-7-14/h12-15H,3-11,17H2,1-2H3,(H,18,20). The van der Waals surface area contributed by atoms with Gasteiger partial charge in [-0.3, -0.25) is 10.2 Å². The lowest BCUT2D eigenvalue weighted by Gasteiger charge is -2.38. The number of rotatable bonds is 4. The van der Waals surface area contributed by atoms with Crippen LogP contribution in [0.1, 0.15) is 71.6 Å². The third-order valence-corrected chi connectivity index (χ3v) is 5.12. The lowest BCUT2D eigenvalue weighted by molar-refractivity contribution is -0.129. The molecular weight excluding hydrogens is 250 g/mol. The molecule has 2 atom stereocenters. The first-order chi connectivity index (χ1) is 9.56. The third kappa shape index (κ3) is 4.45. The van der Waals surface area contributed by atoms with Crippen LogP contribution < -0.4 is 11.2 Å². The van der Waals surface area contributed by atoms with Crippen LogP contribution in [0, 0.1) is 5.92 Å². The predicted molar refractivity (Wildman–Crippen MR) is 81.9 cm³/mol. The Balaban J connectivity index is 1.69. The van der Waals surface area contributed by atoms with E-state index < -0.39 is 0 Å². The van der Waals surface area contributed by atoms with Gasteiger partial charge in [-0.05, 0) is 64.7 Å². The van der Waals surface area contributed by atoms with Crippen LogP contribution in [0.15, 0.2) is 0 Å². The fourth-order valence-corrected chi connectivity index (χ4v) is 3.65. The van der Waals surface area contributed by atoms with Crippen molar-refractivity contribution in [3.63, 3.8) is 0 Å². The van der Waals surface area contributed by atoms with Crippen molar-refractivity contribution in [3.05, 3.63) is 0 Å². The Morgan fingerprint density at radius 2 is 1.70 bits per heavy atom. The maximum absolute atomic E-state index is 12.1. The van der Waals surface area contributed by atoms with Gasteiger partial charge in [0.05, 0.1) is 0 Å². The van der Waals surface area contributed by atoms with Gasteiger partial charge in [0.1, 0.15) is 0 Å². The van der Waals surface area contributed by atoms with Gasteiger partial charge in [0.25, 0.3) is 0 Å². The smallest absolute Gasteiger partial charge is 0.234 e. The summed E-state index contributed by atoms with van der Waals surface area (Å²) >= 11 is 0. The largest absolute Gasteiger partial charge is 0.328 e. The third-order valence-electron chi connectivity index (χ3n) is 5.12. The van der Waals surface area contributed by atoms with Gasteiger partial charge in [-0.2, -0.15) is 0 Å². The molecule has 1 saturated heterocycles. The molecule has 0 aromatic heterocycles. The Hall–Kier alpha value is -0.610. The lowest BCUT2D eigenvalue weighted by Crippen LogP contribution is -2.54. The van der Waals surface area contributed by atoms with E-state index in [2.05, 4.69) is 24.3 Å². The number of carbonyl (C=O) groups is 1. The highest BCUT2D eigenvalue weighted by Gasteiger charge is 2.26. The molecule has 4 heteroatoms. The molecule has 1 saturated carbocycles. The summed E-state index contributed by atoms with van der Waals surface area (Å²) < 4.78 is 0. The number of amides is 1. The quantitative estimate of drug-likeness (QED) is 0.832. The van der Waals surface area contributed by atoms with Crippen LogP contribution in [-0.4, -0.2) is 29.0 Å². The Morgan fingerprint density at radius 1 is 1.10 bits per heavy atom. The number of hydrazine groups is 1. The Morgan fingerprint density at radius 3 is 2.30 bits per heavy atom. The van der Waals surface area contributed by atoms with Gasteiger partial charge >= 0.3 is 0 Å². The lowest BCUT2D eigenvalue weighted by atomic mass is 9.84. The van der Waals surface area contributed by atoms with E-state index in [4.69, 9.17) is 5.73 Å². The fraction of sp³-hybridized carbons (Fsp3) is 0.938. The second-order valence-electron chi connectivity index (χ2n) is 6.89. The molecule has 2 aliphatic rings. The summed E-state index contributed by atoms with van der Waals surface area (Å²) in [5.41, 5.74) is 9.06. The first-order valence-electron chi connectivity index (χ1n) is 8.39. The van der Waals surface area contributed by atoms with Crippen LogP contribution in [0.2, 0.25) is 0 Å². The van der Waals surface area contributed by atoms with Crippen LogP contribution in [0.5, 0.6) is 0 Å². The molecule has 0 bridgehead atoms. The molecule has 2 unspecified atom stereocenters. The molecule has 3 N–H and O–H groups in total. The second kappa shape index (κ2) is 7.41. The average Bonchev–Trinajstić information content (AvgIpc) is 2.42. The van der Waals surface area contributed by atoms with Crippen LogP contribution >= 0.6 is 0 Å². The average molecular weight is 281 g/mol. The minimum Gasteiger partial charge on any atom is -0.328 e. The van der Waals surface area contributed by atoms with Crippen molar-refractivity contribution < 1.29 is 4.79 Å². The molecular formula is C16H31N3O. The first-order valence-corrected chi connectivity index (χ1v) is 8.39. The van der Waals surface area contributed by atoms with E-state index >= 15 is 0 Å². The summed E-state index contributed by atoms with van der Waals surface area (Å²) in [7, 11) is 0. The molecule has 0 radical (unpaired) electrons. The molecule has 2 rings (SSSR count). The predicted octanol–water partition coefficient (Wildman–Crippen LogP) is 2.58. The van der Waals surface area contributed by atoms with Crippen molar-refractivity contribution in [2.75, 3.05) is 0 Å². The minimum atomic E-state index is 0.195. The molecule has 4 nitrogen and oxygen atoms in total. The Bertz CT molecular complexity index is 303. The number of nitrogens with two attached hydrogens (primary N) is 1. The van der Waals surface area contributed by atoms with Crippen molar-refractivity contribution in [3.8, 4) is 0 Å². The highest BCUT2D eigenvalue weighted by molar-refractivity contribution is 5.75. The number of nitrogens with zero attached hydrogens (tertiary/aromatic N) is 1. The van der Waals surface area contributed by atoms with Gasteiger partial charge < -0.3 is 5.73 Å². The van der Waals surface area contributed by atoms with Crippen molar-refractivity contribution in [2.45, 2.75) is 89.8 Å². The number of nitrogens with one attached hydrogen (secondary N) is 1. The molecule has 1 amide bonds. The van der Waals surface area contributed by atoms with Crippen molar-refractivity contribution in [1.29, 1.82) is 0 Å². The molecule has 2 fully saturated rings. The summed E-state index contributed by atoms with van der Waals surface area (Å²) in [5.74, 6) is 0.900. The summed E-state index contributed by atoms with van der Waals surface area (Å²) in [6.07, 6.45) is 9.99. The summed E-state index contributed by atoms with van der Waals surface area (Å²) in [6, 6.07) is 1.33. The zero-order valence-electron chi connectivity index (χ0n) is 13.1. The highest BCUT2D eigenvalue weighted by atomic mass is 16.2. The normalized spacial score (nSPS) is 35.8. The molecule has 1 aliphatic carbocycles. The maximum Gasteiger partial charge on any atom is 0.234 e. The fourth-order valence-electron chi connectivity index (χ4n) is 3.65. The number of hydrogen-bond acceptors (Lipinski definition) is 3. The van der Waals surface area contributed by atoms with Gasteiger partial charge in [0, 0.05) is 24.5 Å². The van der Waals surface area contributed by atoms with Gasteiger partial charge in [-0.15, -0.1) is 0 Å². The van der Waals surface area contributed by atoms with Crippen LogP contribution in [0.4, 0.5) is 0 Å². The van der Waals surface area contributed by atoms with Crippen LogP contribution in [0.25, 0.3) is 0 Å². The van der Waals surface area contributed by atoms with Gasteiger partial charge in [-0.25, -0.2) is 5.01 Å². The van der Waals surface area contributed by atoms with Gasteiger partial charge in [0.2, 0.25) is 5.91 Å². The van der Waals surface area contributed by atoms with E-state index in [9.17, 15) is 4.79 Å². The van der Waals surface area contributed by atoms with Crippen molar-refractivity contribution in [1.82, 2.24) is 10.4 Å². The SMILES string of the molecule is CC1CCCC(C)N1NC(=O)CCC1CCC(N)CC1. The molecule has 20 heavy (non-hydrogen) atoms. The number of piperidine rings is 1. The summed E-state index contributed by atoms with van der Waals surface area (Å²) in [4.78, 5) is 12.1. The van der Waals surface area contributed by atoms with Crippen molar-refractivity contribution >= 4 is 5.91 Å². The molecule has 0 spiro atoms. The van der Waals surface area contributed by atoms with Crippen LogP contribution in [0.3, 0.4) is 0 Å². The minimum absolute atomic E-state index is 0.195. The Kier molecular flexibility index (Phi) is 5.85.